The van der Waals surface area contributed by atoms with E-state index in [0.717, 1.165) is 28.2 Å². The third-order valence-electron chi connectivity index (χ3n) is 4.20. The molecule has 2 aliphatic rings. The fourth-order valence-electron chi connectivity index (χ4n) is 3.00. The van der Waals surface area contributed by atoms with Gasteiger partial charge in [0.05, 0.1) is 11.0 Å². The average molecular weight is 352 g/mol. The molecule has 25 heavy (non-hydrogen) atoms. The Balaban J connectivity index is 1.67. The Kier molecular flexibility index (Phi) is 3.93. The van der Waals surface area contributed by atoms with Crippen molar-refractivity contribution in [3.05, 3.63) is 59.7 Å². The van der Waals surface area contributed by atoms with Gasteiger partial charge in [-0.15, -0.1) is 0 Å². The van der Waals surface area contributed by atoms with Crippen molar-refractivity contribution < 1.29 is 9.59 Å². The fourth-order valence-corrected chi connectivity index (χ4v) is 3.72. The highest BCUT2D eigenvalue weighted by molar-refractivity contribution is 8.14. The van der Waals surface area contributed by atoms with E-state index in [9.17, 15) is 9.59 Å². The van der Waals surface area contributed by atoms with Crippen molar-refractivity contribution in [2.45, 2.75) is 18.2 Å². The molecule has 4 rings (SSSR count). The number of thioether (sulfide) groups is 1. The Morgan fingerprint density at radius 3 is 2.68 bits per heavy atom. The fraction of sp³-hybridized carbons (Fsp3) is 0.167. The summed E-state index contributed by atoms with van der Waals surface area (Å²) >= 11 is 1.20. The van der Waals surface area contributed by atoms with Gasteiger partial charge in [-0.3, -0.25) is 9.59 Å². The Morgan fingerprint density at radius 1 is 1.12 bits per heavy atom. The molecule has 2 heterocycles. The van der Waals surface area contributed by atoms with Gasteiger partial charge in [0.2, 0.25) is 0 Å². The van der Waals surface area contributed by atoms with Crippen LogP contribution < -0.4 is 16.1 Å². The van der Waals surface area contributed by atoms with Gasteiger partial charge >= 0.3 is 0 Å². The summed E-state index contributed by atoms with van der Waals surface area (Å²) in [5.41, 5.74) is 6.75. The van der Waals surface area contributed by atoms with Crippen molar-refractivity contribution >= 4 is 40.0 Å². The van der Waals surface area contributed by atoms with Crippen molar-refractivity contribution in [3.8, 4) is 0 Å². The third-order valence-corrected chi connectivity index (χ3v) is 5.08. The van der Waals surface area contributed by atoms with Gasteiger partial charge in [-0.25, -0.2) is 5.43 Å². The van der Waals surface area contributed by atoms with E-state index in [1.165, 1.54) is 11.8 Å². The number of hydrazone groups is 1. The molecule has 3 N–H and O–H groups in total. The summed E-state index contributed by atoms with van der Waals surface area (Å²) in [5.74, 6) is -0.0858. The summed E-state index contributed by atoms with van der Waals surface area (Å²) in [6.07, 6.45) is 0. The number of carbonyl (C=O) groups is 2. The molecule has 0 fully saturated rings. The zero-order valence-corrected chi connectivity index (χ0v) is 14.3. The van der Waals surface area contributed by atoms with Crippen LogP contribution in [0.3, 0.4) is 0 Å². The predicted octanol–water partition coefficient (Wildman–Crippen LogP) is 3.34. The molecule has 7 heteroatoms. The van der Waals surface area contributed by atoms with Gasteiger partial charge in [-0.2, -0.15) is 5.10 Å². The largest absolute Gasteiger partial charge is 0.370 e. The molecule has 6 nitrogen and oxygen atoms in total. The molecule has 0 spiro atoms. The highest BCUT2D eigenvalue weighted by Crippen LogP contribution is 2.35. The van der Waals surface area contributed by atoms with Crippen LogP contribution in [-0.2, 0) is 4.79 Å². The topological polar surface area (TPSA) is 82.6 Å². The third kappa shape index (κ3) is 2.98. The van der Waals surface area contributed by atoms with E-state index >= 15 is 0 Å². The lowest BCUT2D eigenvalue weighted by molar-refractivity contribution is -0.116. The number of anilines is 2. The standard InChI is InChI=1S/C18H16N4O2S/c1-10-15(21-22-18(24)25-10)11-7-8-14-13(9-11)16(17(23)20-14)19-12-5-3-2-4-6-12/h2-10,16,19H,1H3,(H,20,23)(H,22,24). The maximum absolute atomic E-state index is 12.4. The maximum atomic E-state index is 12.4. The molecule has 0 radical (unpaired) electrons. The lowest BCUT2D eigenvalue weighted by atomic mass is 10.0. The van der Waals surface area contributed by atoms with Crippen LogP contribution >= 0.6 is 11.8 Å². The molecule has 2 aromatic rings. The first-order chi connectivity index (χ1) is 12.1. The lowest BCUT2D eigenvalue weighted by Gasteiger charge is -2.19. The van der Waals surface area contributed by atoms with E-state index in [4.69, 9.17) is 0 Å². The van der Waals surface area contributed by atoms with Gasteiger partial charge in [0.25, 0.3) is 11.1 Å². The Bertz CT molecular complexity index is 882. The molecular formula is C18H16N4O2S. The summed E-state index contributed by atoms with van der Waals surface area (Å²) in [4.78, 5) is 23.8. The normalized spacial score (nSPS) is 21.9. The minimum Gasteiger partial charge on any atom is -0.370 e. The Morgan fingerprint density at radius 2 is 1.92 bits per heavy atom. The highest BCUT2D eigenvalue weighted by Gasteiger charge is 2.32. The number of hydrogen-bond donors (Lipinski definition) is 3. The SMILES string of the molecule is CC1SC(=O)NN=C1c1ccc2c(c1)C(Nc1ccccc1)C(=O)N2. The van der Waals surface area contributed by atoms with Crippen molar-refractivity contribution in [2.75, 3.05) is 10.6 Å². The smallest absolute Gasteiger partial charge is 0.299 e. The summed E-state index contributed by atoms with van der Waals surface area (Å²) in [6.45, 7) is 1.94. The van der Waals surface area contributed by atoms with Crippen molar-refractivity contribution in [2.24, 2.45) is 5.10 Å². The highest BCUT2D eigenvalue weighted by atomic mass is 32.2. The molecule has 2 atom stereocenters. The molecule has 0 bridgehead atoms. The summed E-state index contributed by atoms with van der Waals surface area (Å²) in [7, 11) is 0. The zero-order chi connectivity index (χ0) is 17.4. The quantitative estimate of drug-likeness (QED) is 0.791. The first-order valence-electron chi connectivity index (χ1n) is 7.93. The predicted molar refractivity (Wildman–Crippen MR) is 100.0 cm³/mol. The zero-order valence-electron chi connectivity index (χ0n) is 13.4. The average Bonchev–Trinajstić information content (AvgIpc) is 2.91. The number of benzene rings is 2. The number of carbonyl (C=O) groups excluding carboxylic acids is 2. The van der Waals surface area contributed by atoms with Crippen LogP contribution in [0.2, 0.25) is 0 Å². The molecule has 2 unspecified atom stereocenters. The lowest BCUT2D eigenvalue weighted by Crippen LogP contribution is -2.29. The Labute approximate surface area is 149 Å². The summed E-state index contributed by atoms with van der Waals surface area (Å²) in [5, 5.41) is 10.2. The van der Waals surface area contributed by atoms with E-state index in [1.807, 2.05) is 55.5 Å². The molecule has 0 aromatic heterocycles. The van der Waals surface area contributed by atoms with Gasteiger partial charge in [0.1, 0.15) is 6.04 Å². The monoisotopic (exact) mass is 352 g/mol. The van der Waals surface area contributed by atoms with E-state index < -0.39 is 6.04 Å². The second kappa shape index (κ2) is 6.25. The van der Waals surface area contributed by atoms with Crippen LogP contribution in [0.15, 0.2) is 53.6 Å². The number of nitrogens with one attached hydrogen (secondary N) is 3. The molecular weight excluding hydrogens is 336 g/mol. The second-order valence-corrected chi connectivity index (χ2v) is 7.20. The number of para-hydroxylation sites is 1. The van der Waals surface area contributed by atoms with Crippen LogP contribution in [0.25, 0.3) is 0 Å². The first kappa shape index (κ1) is 15.7. The van der Waals surface area contributed by atoms with E-state index in [1.54, 1.807) is 0 Å². The van der Waals surface area contributed by atoms with Gasteiger partial charge in [0.15, 0.2) is 0 Å². The van der Waals surface area contributed by atoms with E-state index in [2.05, 4.69) is 21.2 Å². The van der Waals surface area contributed by atoms with Crippen LogP contribution in [0.1, 0.15) is 24.1 Å². The maximum Gasteiger partial charge on any atom is 0.299 e. The van der Waals surface area contributed by atoms with Crippen LogP contribution in [-0.4, -0.2) is 22.1 Å². The van der Waals surface area contributed by atoms with Gasteiger partial charge in [0, 0.05) is 16.9 Å². The second-order valence-electron chi connectivity index (χ2n) is 5.89. The van der Waals surface area contributed by atoms with Crippen LogP contribution in [0.4, 0.5) is 16.2 Å². The number of hydrogen-bond acceptors (Lipinski definition) is 5. The van der Waals surface area contributed by atoms with Gasteiger partial charge in [-0.1, -0.05) is 36.0 Å². The van der Waals surface area contributed by atoms with Crippen LogP contribution in [0.5, 0.6) is 0 Å². The molecule has 0 aliphatic carbocycles. The minimum atomic E-state index is -0.459. The van der Waals surface area contributed by atoms with E-state index in [0.29, 0.717) is 0 Å². The summed E-state index contributed by atoms with van der Waals surface area (Å²) < 4.78 is 0. The van der Waals surface area contributed by atoms with Crippen molar-refractivity contribution in [1.29, 1.82) is 0 Å². The van der Waals surface area contributed by atoms with Gasteiger partial charge in [-0.05, 0) is 36.8 Å². The molecule has 2 aromatic carbocycles. The molecule has 0 saturated carbocycles. The molecule has 2 aliphatic heterocycles. The van der Waals surface area contributed by atoms with Crippen molar-refractivity contribution in [1.82, 2.24) is 5.43 Å². The number of fused-ring (bicyclic) bond motifs is 1. The minimum absolute atomic E-state index is 0.0441. The van der Waals surface area contributed by atoms with E-state index in [-0.39, 0.29) is 16.4 Å². The van der Waals surface area contributed by atoms with Crippen molar-refractivity contribution in [3.63, 3.8) is 0 Å². The number of nitrogens with zero attached hydrogens (tertiary/aromatic N) is 1. The molecule has 0 saturated heterocycles. The number of amides is 2. The number of rotatable bonds is 3. The van der Waals surface area contributed by atoms with Gasteiger partial charge < -0.3 is 10.6 Å². The van der Waals surface area contributed by atoms with Crippen LogP contribution in [0, 0.1) is 0 Å². The molecule has 2 amide bonds. The molecule has 126 valence electrons. The first-order valence-corrected chi connectivity index (χ1v) is 8.81. The Hall–Kier alpha value is -2.80. The summed E-state index contributed by atoms with van der Waals surface area (Å²) in [6, 6.07) is 14.9.